The zero-order chi connectivity index (χ0) is 15.8. The number of carbonyl (C=O) groups excluding carboxylic acids is 1. The molecule has 1 aromatic carbocycles. The number of likely N-dealkylation sites (tertiary alicyclic amines) is 1. The van der Waals surface area contributed by atoms with Crippen LogP contribution >= 0.6 is 10.7 Å². The molecule has 0 aliphatic carbocycles. The minimum Gasteiger partial charge on any atom is -0.338 e. The van der Waals surface area contributed by atoms with E-state index in [4.69, 9.17) is 10.7 Å². The molecular formula is C13H14ClF2NO3S. The third kappa shape index (κ3) is 3.35. The van der Waals surface area contributed by atoms with Crippen molar-refractivity contribution in [1.82, 2.24) is 4.90 Å². The maximum absolute atomic E-state index is 14.2. The molecular weight excluding hydrogens is 324 g/mol. The van der Waals surface area contributed by atoms with E-state index >= 15 is 0 Å². The maximum atomic E-state index is 14.2. The highest BCUT2D eigenvalue weighted by molar-refractivity contribution is 8.13. The van der Waals surface area contributed by atoms with E-state index in [1.165, 1.54) is 4.90 Å². The largest absolute Gasteiger partial charge is 0.338 e. The number of hydrogen-bond donors (Lipinski definition) is 0. The van der Waals surface area contributed by atoms with Crippen LogP contribution in [0.1, 0.15) is 30.1 Å². The minimum absolute atomic E-state index is 0.321. The van der Waals surface area contributed by atoms with Crippen molar-refractivity contribution in [3.8, 4) is 0 Å². The summed E-state index contributed by atoms with van der Waals surface area (Å²) in [6, 6.07) is 1.16. The third-order valence-electron chi connectivity index (χ3n) is 3.65. The smallest absolute Gasteiger partial charge is 0.264 e. The molecule has 1 heterocycles. The summed E-state index contributed by atoms with van der Waals surface area (Å²) in [4.78, 5) is 12.6. The molecule has 1 aliphatic heterocycles. The second-order valence-corrected chi connectivity index (χ2v) is 7.55. The monoisotopic (exact) mass is 337 g/mol. The molecule has 116 valence electrons. The molecule has 0 spiro atoms. The van der Waals surface area contributed by atoms with Gasteiger partial charge in [0, 0.05) is 23.8 Å². The Morgan fingerprint density at radius 1 is 1.43 bits per heavy atom. The first kappa shape index (κ1) is 16.2. The van der Waals surface area contributed by atoms with Gasteiger partial charge in [-0.25, -0.2) is 17.2 Å². The van der Waals surface area contributed by atoms with Gasteiger partial charge in [0.15, 0.2) is 5.82 Å². The lowest BCUT2D eigenvalue weighted by Crippen LogP contribution is -2.30. The molecule has 8 heteroatoms. The van der Waals surface area contributed by atoms with E-state index in [0.29, 0.717) is 31.1 Å². The number of hydrogen-bond acceptors (Lipinski definition) is 3. The number of amides is 1. The first-order chi connectivity index (χ1) is 9.74. The lowest BCUT2D eigenvalue weighted by molar-refractivity contribution is 0.0781. The predicted octanol–water partition coefficient (Wildman–Crippen LogP) is 2.76. The normalized spacial score (nSPS) is 19.0. The summed E-state index contributed by atoms with van der Waals surface area (Å²) in [5.41, 5.74) is -0.606. The fourth-order valence-corrected chi connectivity index (χ4v) is 3.33. The summed E-state index contributed by atoms with van der Waals surface area (Å²) >= 11 is 0. The Balaban J connectivity index is 2.41. The molecule has 1 atom stereocenters. The SMILES string of the molecule is CCC1CCN(C(=O)c2cc(F)cc(S(=O)(=O)Cl)c2F)C1. The standard InChI is InChI=1S/C13H14ClF2NO3S/c1-2-8-3-4-17(7-8)13(18)10-5-9(15)6-11(12(10)16)21(14,19)20/h5-6,8H,2-4,7H2,1H3. The third-order valence-corrected chi connectivity index (χ3v) is 4.97. The lowest BCUT2D eigenvalue weighted by atomic mass is 10.1. The van der Waals surface area contributed by atoms with Gasteiger partial charge in [0.05, 0.1) is 5.56 Å². The van der Waals surface area contributed by atoms with Crippen molar-refractivity contribution in [1.29, 1.82) is 0 Å². The Labute approximate surface area is 126 Å². The Hall–Kier alpha value is -1.21. The van der Waals surface area contributed by atoms with E-state index in [1.54, 1.807) is 0 Å². The summed E-state index contributed by atoms with van der Waals surface area (Å²) in [7, 11) is 0.594. The summed E-state index contributed by atoms with van der Waals surface area (Å²) in [6.45, 7) is 2.88. The molecule has 1 aliphatic rings. The first-order valence-electron chi connectivity index (χ1n) is 6.47. The quantitative estimate of drug-likeness (QED) is 0.797. The second kappa shape index (κ2) is 5.88. The van der Waals surface area contributed by atoms with Gasteiger partial charge < -0.3 is 4.90 Å². The molecule has 1 fully saturated rings. The molecule has 0 aromatic heterocycles. The molecule has 1 aromatic rings. The van der Waals surface area contributed by atoms with E-state index in [1.807, 2.05) is 6.92 Å². The van der Waals surface area contributed by atoms with Gasteiger partial charge in [0.25, 0.3) is 15.0 Å². The summed E-state index contributed by atoms with van der Waals surface area (Å²) in [6.07, 6.45) is 1.68. The van der Waals surface area contributed by atoms with Crippen LogP contribution in [0.15, 0.2) is 17.0 Å². The van der Waals surface area contributed by atoms with Crippen molar-refractivity contribution in [3.63, 3.8) is 0 Å². The van der Waals surface area contributed by atoms with Crippen molar-refractivity contribution in [2.24, 2.45) is 5.92 Å². The zero-order valence-electron chi connectivity index (χ0n) is 11.3. The zero-order valence-corrected chi connectivity index (χ0v) is 12.8. The first-order valence-corrected chi connectivity index (χ1v) is 8.78. The van der Waals surface area contributed by atoms with Crippen LogP contribution in [0.5, 0.6) is 0 Å². The van der Waals surface area contributed by atoms with Gasteiger partial charge >= 0.3 is 0 Å². The molecule has 1 saturated heterocycles. The number of rotatable bonds is 3. The average molecular weight is 338 g/mol. The Bertz CT molecular complexity index is 678. The van der Waals surface area contributed by atoms with Crippen LogP contribution < -0.4 is 0 Å². The van der Waals surface area contributed by atoms with Gasteiger partial charge in [-0.15, -0.1) is 0 Å². The lowest BCUT2D eigenvalue weighted by Gasteiger charge is -2.17. The van der Waals surface area contributed by atoms with Crippen molar-refractivity contribution >= 4 is 25.6 Å². The number of nitrogens with zero attached hydrogens (tertiary/aromatic N) is 1. The van der Waals surface area contributed by atoms with Crippen LogP contribution in [0.2, 0.25) is 0 Å². The van der Waals surface area contributed by atoms with Crippen molar-refractivity contribution < 1.29 is 22.0 Å². The molecule has 0 bridgehead atoms. The number of halogens is 3. The molecule has 4 nitrogen and oxygen atoms in total. The number of benzene rings is 1. The van der Waals surface area contributed by atoms with Crippen LogP contribution in [-0.4, -0.2) is 32.3 Å². The van der Waals surface area contributed by atoms with Gasteiger partial charge in [-0.05, 0) is 24.5 Å². The fraction of sp³-hybridized carbons (Fsp3) is 0.462. The Kier molecular flexibility index (Phi) is 4.53. The highest BCUT2D eigenvalue weighted by Gasteiger charge is 2.30. The van der Waals surface area contributed by atoms with Crippen molar-refractivity contribution in [2.45, 2.75) is 24.7 Å². The average Bonchev–Trinajstić information content (AvgIpc) is 2.87. The van der Waals surface area contributed by atoms with E-state index < -0.39 is 37.1 Å². The van der Waals surface area contributed by atoms with Crippen LogP contribution in [0.3, 0.4) is 0 Å². The summed E-state index contributed by atoms with van der Waals surface area (Å²) in [5.74, 6) is -2.73. The topological polar surface area (TPSA) is 54.5 Å². The van der Waals surface area contributed by atoms with E-state index in [-0.39, 0.29) is 0 Å². The predicted molar refractivity (Wildman–Crippen MR) is 73.7 cm³/mol. The second-order valence-electron chi connectivity index (χ2n) is 5.02. The highest BCUT2D eigenvalue weighted by Crippen LogP contribution is 2.26. The van der Waals surface area contributed by atoms with Crippen molar-refractivity contribution in [3.05, 3.63) is 29.3 Å². The van der Waals surface area contributed by atoms with Gasteiger partial charge in [0.2, 0.25) is 0 Å². The Morgan fingerprint density at radius 3 is 2.62 bits per heavy atom. The molecule has 21 heavy (non-hydrogen) atoms. The van der Waals surface area contributed by atoms with E-state index in [0.717, 1.165) is 12.8 Å². The molecule has 2 rings (SSSR count). The Morgan fingerprint density at radius 2 is 2.10 bits per heavy atom. The van der Waals surface area contributed by atoms with Crippen LogP contribution in [-0.2, 0) is 9.05 Å². The van der Waals surface area contributed by atoms with Gasteiger partial charge in [0.1, 0.15) is 10.7 Å². The fourth-order valence-electron chi connectivity index (χ4n) is 2.42. The van der Waals surface area contributed by atoms with E-state index in [9.17, 15) is 22.0 Å². The molecule has 0 N–H and O–H groups in total. The van der Waals surface area contributed by atoms with Gasteiger partial charge in [-0.3, -0.25) is 4.79 Å². The highest BCUT2D eigenvalue weighted by atomic mass is 35.7. The van der Waals surface area contributed by atoms with Crippen LogP contribution in [0, 0.1) is 17.6 Å². The minimum atomic E-state index is -4.46. The van der Waals surface area contributed by atoms with Gasteiger partial charge in [-0.2, -0.15) is 0 Å². The molecule has 1 unspecified atom stereocenters. The summed E-state index contributed by atoms with van der Waals surface area (Å²) < 4.78 is 50.1. The van der Waals surface area contributed by atoms with Crippen LogP contribution in [0.4, 0.5) is 8.78 Å². The number of carbonyl (C=O) groups is 1. The molecule has 1 amide bonds. The van der Waals surface area contributed by atoms with E-state index in [2.05, 4.69) is 0 Å². The molecule has 0 saturated carbocycles. The maximum Gasteiger partial charge on any atom is 0.264 e. The van der Waals surface area contributed by atoms with Gasteiger partial charge in [-0.1, -0.05) is 13.3 Å². The summed E-state index contributed by atoms with van der Waals surface area (Å²) in [5, 5.41) is 0. The van der Waals surface area contributed by atoms with Crippen molar-refractivity contribution in [2.75, 3.05) is 13.1 Å². The van der Waals surface area contributed by atoms with Crippen LogP contribution in [0.25, 0.3) is 0 Å². The molecule has 0 radical (unpaired) electrons.